The molecule has 1 fully saturated rings. The Kier molecular flexibility index (Phi) is 6.37. The average Bonchev–Trinajstić information content (AvgIpc) is 3.59. The van der Waals surface area contributed by atoms with Gasteiger partial charge in [-0.25, -0.2) is 4.79 Å². The van der Waals surface area contributed by atoms with E-state index in [0.717, 1.165) is 12.8 Å². The molecule has 4 N–H and O–H groups in total. The molecule has 3 aromatic carbocycles. The van der Waals surface area contributed by atoms with Crippen LogP contribution < -0.4 is 21.3 Å². The maximum Gasteiger partial charge on any atom is 0.323 e. The second-order valence-electron chi connectivity index (χ2n) is 7.42. The van der Waals surface area contributed by atoms with Crippen molar-refractivity contribution in [1.29, 1.82) is 0 Å². The van der Waals surface area contributed by atoms with E-state index in [1.807, 2.05) is 18.2 Å². The van der Waals surface area contributed by atoms with Crippen molar-refractivity contribution >= 4 is 46.5 Å². The lowest BCUT2D eigenvalue weighted by molar-refractivity contribution is 0.0950. The third kappa shape index (κ3) is 5.65. The number of para-hydroxylation sites is 1. The fourth-order valence-electron chi connectivity index (χ4n) is 2.99. The predicted molar refractivity (Wildman–Crippen MR) is 125 cm³/mol. The smallest absolute Gasteiger partial charge is 0.323 e. The number of rotatable bonds is 6. The van der Waals surface area contributed by atoms with Gasteiger partial charge in [0.15, 0.2) is 0 Å². The first-order valence-electron chi connectivity index (χ1n) is 10.1. The van der Waals surface area contributed by atoms with Gasteiger partial charge >= 0.3 is 6.03 Å². The summed E-state index contributed by atoms with van der Waals surface area (Å²) in [5.41, 5.74) is 2.48. The number of amides is 4. The predicted octanol–water partition coefficient (Wildman–Crippen LogP) is 5.13. The van der Waals surface area contributed by atoms with E-state index in [1.165, 1.54) is 0 Å². The minimum Gasteiger partial charge on any atom is -0.349 e. The van der Waals surface area contributed by atoms with Gasteiger partial charge in [0, 0.05) is 28.7 Å². The maximum absolute atomic E-state index is 12.5. The maximum atomic E-state index is 12.5. The molecule has 0 saturated heterocycles. The van der Waals surface area contributed by atoms with E-state index in [1.54, 1.807) is 54.6 Å². The number of hydrogen-bond donors (Lipinski definition) is 4. The van der Waals surface area contributed by atoms with Gasteiger partial charge in [-0.2, -0.15) is 0 Å². The Balaban J connectivity index is 1.33. The van der Waals surface area contributed by atoms with Gasteiger partial charge in [0.2, 0.25) is 0 Å². The van der Waals surface area contributed by atoms with Crippen LogP contribution in [0.2, 0.25) is 5.02 Å². The topological polar surface area (TPSA) is 99.3 Å². The van der Waals surface area contributed by atoms with E-state index < -0.39 is 0 Å². The molecule has 7 nitrogen and oxygen atoms in total. The molecule has 0 radical (unpaired) electrons. The van der Waals surface area contributed by atoms with Gasteiger partial charge < -0.3 is 21.3 Å². The Hall–Kier alpha value is -3.84. The highest BCUT2D eigenvalue weighted by Crippen LogP contribution is 2.24. The van der Waals surface area contributed by atoms with Gasteiger partial charge in [-0.05, 0) is 67.4 Å². The van der Waals surface area contributed by atoms with E-state index in [-0.39, 0.29) is 28.9 Å². The van der Waals surface area contributed by atoms with Crippen LogP contribution in [0.15, 0.2) is 72.8 Å². The highest BCUT2D eigenvalue weighted by Gasteiger charge is 2.24. The van der Waals surface area contributed by atoms with Crippen molar-refractivity contribution in [2.45, 2.75) is 18.9 Å². The molecule has 162 valence electrons. The molecule has 4 amide bonds. The lowest BCUT2D eigenvalue weighted by Gasteiger charge is -2.10. The normalized spacial score (nSPS) is 12.5. The Morgan fingerprint density at radius 1 is 0.719 bits per heavy atom. The second-order valence-corrected chi connectivity index (χ2v) is 7.83. The Morgan fingerprint density at radius 3 is 1.97 bits per heavy atom. The van der Waals surface area contributed by atoms with Crippen molar-refractivity contribution < 1.29 is 14.4 Å². The summed E-state index contributed by atoms with van der Waals surface area (Å²) < 4.78 is 0. The standard InChI is InChI=1S/C24H21ClN4O3/c25-21-14-19(12-13-20(21)23(31)26-17-10-11-17)27-22(30)15-6-8-18(9-7-15)29-24(32)28-16-4-2-1-3-5-16/h1-9,12-14,17H,10-11H2,(H,26,31)(H,27,30)(H2,28,29,32). The number of halogens is 1. The molecule has 0 unspecified atom stereocenters. The largest absolute Gasteiger partial charge is 0.349 e. The molecule has 0 atom stereocenters. The molecule has 1 saturated carbocycles. The van der Waals surface area contributed by atoms with Crippen LogP contribution in [0.5, 0.6) is 0 Å². The fourth-order valence-corrected chi connectivity index (χ4v) is 3.26. The van der Waals surface area contributed by atoms with E-state index in [0.29, 0.717) is 28.2 Å². The third-order valence-electron chi connectivity index (χ3n) is 4.82. The van der Waals surface area contributed by atoms with Crippen LogP contribution >= 0.6 is 11.6 Å². The first-order chi connectivity index (χ1) is 15.5. The number of carbonyl (C=O) groups is 3. The van der Waals surface area contributed by atoms with Gasteiger partial charge in [-0.15, -0.1) is 0 Å². The highest BCUT2D eigenvalue weighted by molar-refractivity contribution is 6.34. The third-order valence-corrected chi connectivity index (χ3v) is 5.13. The molecule has 0 spiro atoms. The molecule has 4 rings (SSSR count). The van der Waals surface area contributed by atoms with E-state index in [9.17, 15) is 14.4 Å². The van der Waals surface area contributed by atoms with E-state index in [4.69, 9.17) is 11.6 Å². The van der Waals surface area contributed by atoms with Gasteiger partial charge in [0.1, 0.15) is 0 Å². The SMILES string of the molecule is O=C(Nc1ccccc1)Nc1ccc(C(=O)Nc2ccc(C(=O)NC3CC3)c(Cl)c2)cc1. The van der Waals surface area contributed by atoms with Crippen LogP contribution in [0.1, 0.15) is 33.6 Å². The minimum absolute atomic E-state index is 0.213. The molecular formula is C24H21ClN4O3. The van der Waals surface area contributed by atoms with Crippen LogP contribution in [-0.2, 0) is 0 Å². The quantitative estimate of drug-likeness (QED) is 0.420. The summed E-state index contributed by atoms with van der Waals surface area (Å²) in [7, 11) is 0. The minimum atomic E-state index is -0.381. The molecule has 0 bridgehead atoms. The van der Waals surface area contributed by atoms with Crippen LogP contribution in [0.25, 0.3) is 0 Å². The van der Waals surface area contributed by atoms with Gasteiger partial charge in [-0.3, -0.25) is 9.59 Å². The molecule has 3 aromatic rings. The first kappa shape index (κ1) is 21.4. The van der Waals surface area contributed by atoms with Crippen molar-refractivity contribution in [1.82, 2.24) is 5.32 Å². The van der Waals surface area contributed by atoms with Gasteiger partial charge in [-0.1, -0.05) is 29.8 Å². The number of benzene rings is 3. The van der Waals surface area contributed by atoms with Crippen LogP contribution in [0.3, 0.4) is 0 Å². The van der Waals surface area contributed by atoms with Gasteiger partial charge in [0.25, 0.3) is 11.8 Å². The van der Waals surface area contributed by atoms with E-state index >= 15 is 0 Å². The average molecular weight is 449 g/mol. The summed E-state index contributed by atoms with van der Waals surface area (Å²) >= 11 is 6.23. The van der Waals surface area contributed by atoms with Crippen LogP contribution in [-0.4, -0.2) is 23.9 Å². The second kappa shape index (κ2) is 9.53. The van der Waals surface area contributed by atoms with Crippen LogP contribution in [0.4, 0.5) is 21.9 Å². The summed E-state index contributed by atoms with van der Waals surface area (Å²) in [5.74, 6) is -0.550. The summed E-state index contributed by atoms with van der Waals surface area (Å²) in [4.78, 5) is 36.8. The number of nitrogens with one attached hydrogen (secondary N) is 4. The zero-order chi connectivity index (χ0) is 22.5. The Labute approximate surface area is 190 Å². The zero-order valence-corrected chi connectivity index (χ0v) is 17.8. The molecule has 1 aliphatic rings. The summed E-state index contributed by atoms with van der Waals surface area (Å²) in [6.45, 7) is 0. The molecular weight excluding hydrogens is 428 g/mol. The Bertz CT molecular complexity index is 1150. The molecule has 0 aliphatic heterocycles. The highest BCUT2D eigenvalue weighted by atomic mass is 35.5. The molecule has 32 heavy (non-hydrogen) atoms. The van der Waals surface area contributed by atoms with Crippen molar-refractivity contribution in [3.8, 4) is 0 Å². The first-order valence-corrected chi connectivity index (χ1v) is 10.5. The molecule has 8 heteroatoms. The molecule has 0 heterocycles. The van der Waals surface area contributed by atoms with Crippen molar-refractivity contribution in [3.05, 3.63) is 88.9 Å². The summed E-state index contributed by atoms with van der Waals surface area (Å²) in [6.07, 6.45) is 1.98. The fraction of sp³-hybridized carbons (Fsp3) is 0.125. The lowest BCUT2D eigenvalue weighted by Crippen LogP contribution is -2.25. The number of anilines is 3. The van der Waals surface area contributed by atoms with Crippen molar-refractivity contribution in [2.75, 3.05) is 16.0 Å². The van der Waals surface area contributed by atoms with Crippen molar-refractivity contribution in [2.24, 2.45) is 0 Å². The van der Waals surface area contributed by atoms with Gasteiger partial charge in [0.05, 0.1) is 10.6 Å². The number of urea groups is 1. The summed E-state index contributed by atoms with van der Waals surface area (Å²) in [5, 5.41) is 11.3. The number of carbonyl (C=O) groups excluding carboxylic acids is 3. The van der Waals surface area contributed by atoms with E-state index in [2.05, 4.69) is 21.3 Å². The molecule has 1 aliphatic carbocycles. The van der Waals surface area contributed by atoms with Crippen molar-refractivity contribution in [3.63, 3.8) is 0 Å². The Morgan fingerprint density at radius 2 is 1.34 bits per heavy atom. The lowest BCUT2D eigenvalue weighted by atomic mass is 10.1. The monoisotopic (exact) mass is 448 g/mol. The zero-order valence-electron chi connectivity index (χ0n) is 17.0. The number of hydrogen-bond acceptors (Lipinski definition) is 3. The molecule has 0 aromatic heterocycles. The summed E-state index contributed by atoms with van der Waals surface area (Å²) in [6, 6.07) is 20.2. The van der Waals surface area contributed by atoms with Crippen LogP contribution in [0, 0.1) is 0 Å².